The van der Waals surface area contributed by atoms with Crippen molar-refractivity contribution in [2.75, 3.05) is 0 Å². The lowest BCUT2D eigenvalue weighted by Crippen LogP contribution is -2.11. The summed E-state index contributed by atoms with van der Waals surface area (Å²) in [6.45, 7) is 2.62. The number of ketones is 1. The molecule has 88 valence electrons. The van der Waals surface area contributed by atoms with E-state index in [1.54, 1.807) is 17.0 Å². The first kappa shape index (κ1) is 12.2. The monoisotopic (exact) mass is 344 g/mol. The van der Waals surface area contributed by atoms with Crippen LogP contribution in [0.2, 0.25) is 0 Å². The van der Waals surface area contributed by atoms with Crippen LogP contribution in [-0.2, 0) is 6.54 Å². The van der Waals surface area contributed by atoms with Gasteiger partial charge < -0.3 is 4.57 Å². The molecule has 0 atom stereocenters. The Morgan fingerprint density at radius 1 is 1.53 bits per heavy atom. The summed E-state index contributed by atoms with van der Waals surface area (Å²) in [5.74, 6) is -0.136. The zero-order chi connectivity index (χ0) is 12.4. The summed E-state index contributed by atoms with van der Waals surface area (Å²) in [7, 11) is 0. The van der Waals surface area contributed by atoms with Crippen molar-refractivity contribution in [3.05, 3.63) is 51.4 Å². The average Bonchev–Trinajstić information content (AvgIpc) is 2.76. The minimum Gasteiger partial charge on any atom is -0.328 e. The van der Waals surface area contributed by atoms with Crippen LogP contribution in [0.15, 0.2) is 30.6 Å². The standard InChI is InChI=1S/C12H10FIN2O/c1-2-16-6-5-15-12(16)11(17)9-4-3-8(13)7-10(9)14/h3-7H,2H2,1H3. The molecule has 0 bridgehead atoms. The molecular formula is C12H10FIN2O. The van der Waals surface area contributed by atoms with Gasteiger partial charge in [-0.1, -0.05) is 0 Å². The van der Waals surface area contributed by atoms with Crippen LogP contribution in [0.5, 0.6) is 0 Å². The SMILES string of the molecule is CCn1ccnc1C(=O)c1ccc(F)cc1I. The maximum atomic E-state index is 13.0. The van der Waals surface area contributed by atoms with Crippen LogP contribution in [-0.4, -0.2) is 15.3 Å². The zero-order valence-electron chi connectivity index (χ0n) is 9.15. The number of imidazole rings is 1. The quantitative estimate of drug-likeness (QED) is 0.634. The third-order valence-corrected chi connectivity index (χ3v) is 3.33. The van der Waals surface area contributed by atoms with Gasteiger partial charge in [0.05, 0.1) is 0 Å². The summed E-state index contributed by atoms with van der Waals surface area (Å²) in [5.41, 5.74) is 0.480. The molecule has 0 unspecified atom stereocenters. The van der Waals surface area contributed by atoms with Gasteiger partial charge in [0.2, 0.25) is 5.78 Å². The second-order valence-electron chi connectivity index (χ2n) is 3.49. The minimum absolute atomic E-state index is 0.179. The van der Waals surface area contributed by atoms with Crippen LogP contribution in [0, 0.1) is 9.39 Å². The molecule has 0 N–H and O–H groups in total. The van der Waals surface area contributed by atoms with Gasteiger partial charge >= 0.3 is 0 Å². The normalized spacial score (nSPS) is 10.5. The summed E-state index contributed by atoms with van der Waals surface area (Å²) in [5, 5.41) is 0. The van der Waals surface area contributed by atoms with Crippen LogP contribution in [0.1, 0.15) is 23.1 Å². The lowest BCUT2D eigenvalue weighted by molar-refractivity contribution is 0.102. The average molecular weight is 344 g/mol. The summed E-state index contributed by atoms with van der Waals surface area (Å²) in [4.78, 5) is 16.3. The maximum Gasteiger partial charge on any atom is 0.229 e. The van der Waals surface area contributed by atoms with E-state index in [0.29, 0.717) is 21.5 Å². The first-order valence-corrected chi connectivity index (χ1v) is 6.22. The van der Waals surface area contributed by atoms with E-state index in [9.17, 15) is 9.18 Å². The molecule has 1 heterocycles. The number of nitrogens with zero attached hydrogens (tertiary/aromatic N) is 2. The molecule has 0 fully saturated rings. The van der Waals surface area contributed by atoms with Crippen molar-refractivity contribution in [2.45, 2.75) is 13.5 Å². The van der Waals surface area contributed by atoms with Crippen molar-refractivity contribution in [2.24, 2.45) is 0 Å². The fourth-order valence-corrected chi connectivity index (χ4v) is 2.29. The second-order valence-corrected chi connectivity index (χ2v) is 4.65. The van der Waals surface area contributed by atoms with E-state index in [2.05, 4.69) is 4.98 Å². The summed E-state index contributed by atoms with van der Waals surface area (Å²) in [6.07, 6.45) is 3.34. The summed E-state index contributed by atoms with van der Waals surface area (Å²) < 4.78 is 15.3. The van der Waals surface area contributed by atoms with Crippen LogP contribution in [0.25, 0.3) is 0 Å². The van der Waals surface area contributed by atoms with E-state index in [1.165, 1.54) is 18.2 Å². The van der Waals surface area contributed by atoms with Crippen LogP contribution < -0.4 is 0 Å². The van der Waals surface area contributed by atoms with Crippen molar-refractivity contribution < 1.29 is 9.18 Å². The molecule has 0 aliphatic heterocycles. The molecule has 0 spiro atoms. The highest BCUT2D eigenvalue weighted by molar-refractivity contribution is 14.1. The molecule has 3 nitrogen and oxygen atoms in total. The molecule has 1 aromatic heterocycles. The highest BCUT2D eigenvalue weighted by Gasteiger charge is 2.17. The summed E-state index contributed by atoms with van der Waals surface area (Å²) >= 11 is 1.95. The molecule has 2 aromatic rings. The van der Waals surface area contributed by atoms with Crippen molar-refractivity contribution in [3.8, 4) is 0 Å². The Morgan fingerprint density at radius 3 is 2.94 bits per heavy atom. The van der Waals surface area contributed by atoms with E-state index in [4.69, 9.17) is 0 Å². The van der Waals surface area contributed by atoms with Gasteiger partial charge in [0.25, 0.3) is 0 Å². The van der Waals surface area contributed by atoms with E-state index in [-0.39, 0.29) is 11.6 Å². The van der Waals surface area contributed by atoms with Crippen molar-refractivity contribution in [1.82, 2.24) is 9.55 Å². The Morgan fingerprint density at radius 2 is 2.29 bits per heavy atom. The molecule has 0 radical (unpaired) electrons. The number of carbonyl (C=O) groups is 1. The predicted octanol–water partition coefficient (Wildman–Crippen LogP) is 2.88. The lowest BCUT2D eigenvalue weighted by atomic mass is 10.1. The third-order valence-electron chi connectivity index (χ3n) is 2.44. The van der Waals surface area contributed by atoms with Gasteiger partial charge in [-0.3, -0.25) is 4.79 Å². The Bertz CT molecular complexity index is 565. The van der Waals surface area contributed by atoms with Gasteiger partial charge in [-0.2, -0.15) is 0 Å². The van der Waals surface area contributed by atoms with E-state index >= 15 is 0 Å². The number of hydrogen-bond donors (Lipinski definition) is 0. The van der Waals surface area contributed by atoms with Crippen LogP contribution >= 0.6 is 22.6 Å². The number of halogens is 2. The number of aromatic nitrogens is 2. The molecule has 0 aliphatic carbocycles. The van der Waals surface area contributed by atoms with Gasteiger partial charge in [0.15, 0.2) is 5.82 Å². The van der Waals surface area contributed by atoms with Crippen molar-refractivity contribution >= 4 is 28.4 Å². The van der Waals surface area contributed by atoms with Gasteiger partial charge in [-0.25, -0.2) is 9.37 Å². The maximum absolute atomic E-state index is 13.0. The molecule has 0 saturated carbocycles. The lowest BCUT2D eigenvalue weighted by Gasteiger charge is -2.05. The third kappa shape index (κ3) is 2.38. The molecule has 1 aromatic carbocycles. The molecule has 5 heteroatoms. The molecule has 0 saturated heterocycles. The first-order chi connectivity index (χ1) is 8.13. The van der Waals surface area contributed by atoms with E-state index < -0.39 is 0 Å². The fourth-order valence-electron chi connectivity index (χ4n) is 1.57. The van der Waals surface area contributed by atoms with Crippen molar-refractivity contribution in [3.63, 3.8) is 0 Å². The van der Waals surface area contributed by atoms with Crippen LogP contribution in [0.3, 0.4) is 0 Å². The highest BCUT2D eigenvalue weighted by atomic mass is 127. The number of benzene rings is 1. The second kappa shape index (κ2) is 4.95. The highest BCUT2D eigenvalue weighted by Crippen LogP contribution is 2.17. The first-order valence-electron chi connectivity index (χ1n) is 5.14. The number of carbonyl (C=O) groups excluding carboxylic acids is 1. The molecule has 0 amide bonds. The summed E-state index contributed by atoms with van der Waals surface area (Å²) in [6, 6.07) is 4.12. The molecule has 2 rings (SSSR count). The van der Waals surface area contributed by atoms with Gasteiger partial charge in [-0.05, 0) is 47.7 Å². The zero-order valence-corrected chi connectivity index (χ0v) is 11.3. The van der Waals surface area contributed by atoms with Crippen LogP contribution in [0.4, 0.5) is 4.39 Å². The Labute approximate surface area is 112 Å². The molecule has 17 heavy (non-hydrogen) atoms. The number of aryl methyl sites for hydroxylation is 1. The van der Waals surface area contributed by atoms with Gasteiger partial charge in [0, 0.05) is 28.1 Å². The predicted molar refractivity (Wildman–Crippen MR) is 70.5 cm³/mol. The number of rotatable bonds is 3. The topological polar surface area (TPSA) is 34.9 Å². The van der Waals surface area contributed by atoms with Crippen molar-refractivity contribution in [1.29, 1.82) is 0 Å². The molecule has 0 aliphatic rings. The fraction of sp³-hybridized carbons (Fsp3) is 0.167. The number of hydrogen-bond acceptors (Lipinski definition) is 2. The van der Waals surface area contributed by atoms with E-state index in [1.807, 2.05) is 29.5 Å². The van der Waals surface area contributed by atoms with E-state index in [0.717, 1.165) is 0 Å². The Balaban J connectivity index is 2.44. The van der Waals surface area contributed by atoms with Gasteiger partial charge in [-0.15, -0.1) is 0 Å². The Kier molecular flexibility index (Phi) is 3.56. The van der Waals surface area contributed by atoms with Gasteiger partial charge in [0.1, 0.15) is 5.82 Å². The largest absolute Gasteiger partial charge is 0.328 e. The minimum atomic E-state index is -0.343. The smallest absolute Gasteiger partial charge is 0.229 e. The molecular weight excluding hydrogens is 334 g/mol. The Hall–Kier alpha value is -1.24.